The predicted octanol–water partition coefficient (Wildman–Crippen LogP) is 3.22. The number of hydrogen-bond acceptors (Lipinski definition) is 4. The van der Waals surface area contributed by atoms with E-state index in [-0.39, 0.29) is 36.2 Å². The maximum Gasteiger partial charge on any atom is 0.325 e. The summed E-state index contributed by atoms with van der Waals surface area (Å²) in [6, 6.07) is 6.52. The third kappa shape index (κ3) is 5.92. The van der Waals surface area contributed by atoms with Gasteiger partial charge in [-0.25, -0.2) is 4.79 Å². The zero-order chi connectivity index (χ0) is 24.4. The number of amides is 5. The van der Waals surface area contributed by atoms with Crippen molar-refractivity contribution in [1.29, 1.82) is 0 Å². The van der Waals surface area contributed by atoms with Crippen LogP contribution in [0.15, 0.2) is 24.3 Å². The Hall–Kier alpha value is -2.90. The Kier molecular flexibility index (Phi) is 7.14. The van der Waals surface area contributed by atoms with Gasteiger partial charge in [-0.1, -0.05) is 32.9 Å². The highest BCUT2D eigenvalue weighted by atomic mass is 16.2. The van der Waals surface area contributed by atoms with Crippen molar-refractivity contribution in [2.45, 2.75) is 78.3 Å². The van der Waals surface area contributed by atoms with E-state index in [2.05, 4.69) is 36.7 Å². The van der Waals surface area contributed by atoms with Crippen LogP contribution in [0, 0.1) is 11.3 Å². The Balaban J connectivity index is 1.55. The lowest BCUT2D eigenvalue weighted by atomic mass is 9.67. The van der Waals surface area contributed by atoms with Gasteiger partial charge < -0.3 is 16.0 Å². The summed E-state index contributed by atoms with van der Waals surface area (Å²) < 4.78 is 0. The largest absolute Gasteiger partial charge is 0.354 e. The van der Waals surface area contributed by atoms with Crippen LogP contribution < -0.4 is 16.0 Å². The molecule has 0 atom stereocenters. The molecule has 3 N–H and O–H groups in total. The lowest BCUT2D eigenvalue weighted by Crippen LogP contribution is -2.50. The maximum atomic E-state index is 13.1. The Morgan fingerprint density at radius 1 is 1.09 bits per heavy atom. The molecule has 0 bridgehead atoms. The third-order valence-corrected chi connectivity index (χ3v) is 6.66. The van der Waals surface area contributed by atoms with Crippen LogP contribution in [0.25, 0.3) is 0 Å². The quantitative estimate of drug-likeness (QED) is 0.571. The normalized spacial score (nSPS) is 23.1. The number of benzene rings is 1. The molecule has 0 aromatic heterocycles. The topological polar surface area (TPSA) is 108 Å². The fourth-order valence-corrected chi connectivity index (χ4v) is 4.74. The van der Waals surface area contributed by atoms with E-state index in [1.165, 1.54) is 0 Å². The average Bonchev–Trinajstić information content (AvgIpc) is 2.92. The number of nitrogens with one attached hydrogen (secondary N) is 3. The number of nitrogens with zero attached hydrogens (tertiary/aromatic N) is 1. The van der Waals surface area contributed by atoms with Crippen molar-refractivity contribution >= 4 is 29.4 Å². The van der Waals surface area contributed by atoms with E-state index in [1.54, 1.807) is 24.3 Å². The molecular weight excluding hydrogens is 420 g/mol. The molecule has 1 aromatic rings. The molecule has 1 saturated carbocycles. The molecule has 0 radical (unpaired) electrons. The molecule has 0 unspecified atom stereocenters. The molecule has 1 saturated heterocycles. The standard InChI is InChI=1S/C25H36N4O4/c1-16(2)26-20(30)14-17-6-8-19(9-7-17)27-21(31)15-29-22(32)25(28-23(29)33)12-10-18(11-13-25)24(3,4)5/h6-9,16,18H,10-15H2,1-5H3,(H,26,30)(H,27,31)(H,28,33). The number of hydrogen-bond donors (Lipinski definition) is 3. The van der Waals surface area contributed by atoms with E-state index in [4.69, 9.17) is 0 Å². The van der Waals surface area contributed by atoms with Crippen molar-refractivity contribution in [2.75, 3.05) is 11.9 Å². The van der Waals surface area contributed by atoms with Gasteiger partial charge >= 0.3 is 6.03 Å². The number of imide groups is 1. The van der Waals surface area contributed by atoms with Crippen LogP contribution in [0.3, 0.4) is 0 Å². The molecule has 180 valence electrons. The summed E-state index contributed by atoms with van der Waals surface area (Å²) >= 11 is 0. The van der Waals surface area contributed by atoms with Crippen molar-refractivity contribution in [1.82, 2.24) is 15.5 Å². The number of carbonyl (C=O) groups excluding carboxylic acids is 4. The van der Waals surface area contributed by atoms with E-state index in [1.807, 2.05) is 13.8 Å². The fourth-order valence-electron chi connectivity index (χ4n) is 4.74. The first-order chi connectivity index (χ1) is 15.4. The monoisotopic (exact) mass is 456 g/mol. The van der Waals surface area contributed by atoms with Gasteiger partial charge in [0.25, 0.3) is 5.91 Å². The van der Waals surface area contributed by atoms with Crippen molar-refractivity contribution in [3.05, 3.63) is 29.8 Å². The molecule has 1 spiro atoms. The van der Waals surface area contributed by atoms with E-state index < -0.39 is 17.5 Å². The molecule has 5 amide bonds. The molecule has 1 heterocycles. The van der Waals surface area contributed by atoms with Crippen molar-refractivity contribution in [3.63, 3.8) is 0 Å². The zero-order valence-corrected chi connectivity index (χ0v) is 20.3. The maximum absolute atomic E-state index is 13.1. The SMILES string of the molecule is CC(C)NC(=O)Cc1ccc(NC(=O)CN2C(=O)NC3(CCC(C(C)(C)C)CC3)C2=O)cc1. The highest BCUT2D eigenvalue weighted by molar-refractivity contribution is 6.10. The van der Waals surface area contributed by atoms with E-state index in [0.29, 0.717) is 24.4 Å². The van der Waals surface area contributed by atoms with Crippen LogP contribution in [0.1, 0.15) is 65.9 Å². The first-order valence-corrected chi connectivity index (χ1v) is 11.7. The fraction of sp³-hybridized carbons (Fsp3) is 0.600. The number of rotatable bonds is 6. The second-order valence-electron chi connectivity index (χ2n) is 10.7. The lowest BCUT2D eigenvalue weighted by Gasteiger charge is -2.40. The summed E-state index contributed by atoms with van der Waals surface area (Å²) in [5.74, 6) is -0.304. The smallest absolute Gasteiger partial charge is 0.325 e. The van der Waals surface area contributed by atoms with E-state index in [0.717, 1.165) is 23.3 Å². The Bertz CT molecular complexity index is 909. The lowest BCUT2D eigenvalue weighted by molar-refractivity contribution is -0.135. The minimum Gasteiger partial charge on any atom is -0.354 e. The van der Waals surface area contributed by atoms with Crippen molar-refractivity contribution < 1.29 is 19.2 Å². The summed E-state index contributed by atoms with van der Waals surface area (Å²) in [6.07, 6.45) is 3.20. The van der Waals surface area contributed by atoms with Crippen LogP contribution >= 0.6 is 0 Å². The van der Waals surface area contributed by atoms with Crippen molar-refractivity contribution in [2.24, 2.45) is 11.3 Å². The Labute approximate surface area is 195 Å². The zero-order valence-electron chi connectivity index (χ0n) is 20.3. The number of urea groups is 1. The van der Waals surface area contributed by atoms with Crippen LogP contribution in [-0.4, -0.2) is 46.8 Å². The van der Waals surface area contributed by atoms with Crippen LogP contribution in [-0.2, 0) is 20.8 Å². The summed E-state index contributed by atoms with van der Waals surface area (Å²) in [7, 11) is 0. The van der Waals surface area contributed by atoms with E-state index in [9.17, 15) is 19.2 Å². The van der Waals surface area contributed by atoms with Gasteiger partial charge in [0, 0.05) is 11.7 Å². The van der Waals surface area contributed by atoms with E-state index >= 15 is 0 Å². The average molecular weight is 457 g/mol. The van der Waals surface area contributed by atoms with Crippen LogP contribution in [0.5, 0.6) is 0 Å². The molecule has 1 aromatic carbocycles. The summed E-state index contributed by atoms with van der Waals surface area (Å²) in [6.45, 7) is 10.1. The molecule has 3 rings (SSSR count). The molecular formula is C25H36N4O4. The van der Waals surface area contributed by atoms with Gasteiger partial charge in [0.15, 0.2) is 0 Å². The van der Waals surface area contributed by atoms with Gasteiger partial charge in [-0.2, -0.15) is 0 Å². The first kappa shape index (κ1) is 24.7. The third-order valence-electron chi connectivity index (χ3n) is 6.66. The Morgan fingerprint density at radius 2 is 1.70 bits per heavy atom. The van der Waals surface area contributed by atoms with Gasteiger partial charge in [-0.3, -0.25) is 19.3 Å². The molecule has 2 fully saturated rings. The Morgan fingerprint density at radius 3 is 2.24 bits per heavy atom. The summed E-state index contributed by atoms with van der Waals surface area (Å²) in [5, 5.41) is 8.43. The molecule has 33 heavy (non-hydrogen) atoms. The van der Waals surface area contributed by atoms with Gasteiger partial charge in [0.05, 0.1) is 6.42 Å². The predicted molar refractivity (Wildman–Crippen MR) is 126 cm³/mol. The summed E-state index contributed by atoms with van der Waals surface area (Å²) in [4.78, 5) is 51.1. The minimum atomic E-state index is -0.878. The molecule has 1 aliphatic carbocycles. The second kappa shape index (κ2) is 9.53. The summed E-state index contributed by atoms with van der Waals surface area (Å²) in [5.41, 5.74) is 0.659. The number of anilines is 1. The molecule has 8 nitrogen and oxygen atoms in total. The minimum absolute atomic E-state index is 0.0641. The van der Waals surface area contributed by atoms with Gasteiger partial charge in [-0.15, -0.1) is 0 Å². The van der Waals surface area contributed by atoms with Gasteiger partial charge in [0.2, 0.25) is 11.8 Å². The van der Waals surface area contributed by atoms with Crippen LogP contribution in [0.4, 0.5) is 10.5 Å². The second-order valence-corrected chi connectivity index (χ2v) is 10.7. The number of carbonyl (C=O) groups is 4. The van der Waals surface area contributed by atoms with Crippen LogP contribution in [0.2, 0.25) is 0 Å². The highest BCUT2D eigenvalue weighted by Crippen LogP contribution is 2.43. The molecule has 8 heteroatoms. The molecule has 2 aliphatic rings. The van der Waals surface area contributed by atoms with Crippen molar-refractivity contribution in [3.8, 4) is 0 Å². The van der Waals surface area contributed by atoms with Gasteiger partial charge in [-0.05, 0) is 68.6 Å². The first-order valence-electron chi connectivity index (χ1n) is 11.7. The molecule has 1 aliphatic heterocycles. The highest BCUT2D eigenvalue weighted by Gasteiger charge is 2.53. The van der Waals surface area contributed by atoms with Gasteiger partial charge in [0.1, 0.15) is 12.1 Å².